The van der Waals surface area contributed by atoms with E-state index in [9.17, 15) is 4.79 Å². The maximum absolute atomic E-state index is 11.7. The third-order valence-corrected chi connectivity index (χ3v) is 2.39. The number of benzene rings is 1. The fourth-order valence-electron chi connectivity index (χ4n) is 1.76. The minimum absolute atomic E-state index is 0.0390. The van der Waals surface area contributed by atoms with E-state index in [0.29, 0.717) is 18.0 Å². The van der Waals surface area contributed by atoms with Crippen LogP contribution in [0.4, 0.5) is 5.69 Å². The van der Waals surface area contributed by atoms with Crippen molar-refractivity contribution in [2.75, 3.05) is 25.5 Å². The topological polar surface area (TPSA) is 56.1 Å². The number of nitrogens with zero attached hydrogens (tertiary/aromatic N) is 2. The molecule has 1 aromatic carbocycles. The summed E-state index contributed by atoms with van der Waals surface area (Å²) in [5.74, 6) is 0.501. The molecule has 0 spiro atoms. The van der Waals surface area contributed by atoms with Gasteiger partial charge in [-0.1, -0.05) is 13.8 Å². The van der Waals surface area contributed by atoms with Gasteiger partial charge in [0, 0.05) is 12.2 Å². The molecule has 96 valence electrons. The first-order valence-corrected chi connectivity index (χ1v) is 6.00. The Morgan fingerprint density at radius 3 is 2.50 bits per heavy atom. The Kier molecular flexibility index (Phi) is 5.34. The lowest BCUT2D eigenvalue weighted by Crippen LogP contribution is -2.32. The number of nitrogens with one attached hydrogen (secondary N) is 1. The van der Waals surface area contributed by atoms with Crippen molar-refractivity contribution >= 4 is 11.6 Å². The van der Waals surface area contributed by atoms with Gasteiger partial charge < -0.3 is 5.32 Å². The Labute approximate surface area is 108 Å². The van der Waals surface area contributed by atoms with Gasteiger partial charge in [0.15, 0.2) is 0 Å². The molecule has 0 saturated carbocycles. The third kappa shape index (κ3) is 4.98. The van der Waals surface area contributed by atoms with E-state index in [4.69, 9.17) is 5.26 Å². The van der Waals surface area contributed by atoms with Crippen LogP contribution in [0.5, 0.6) is 0 Å². The van der Waals surface area contributed by atoms with Crippen LogP contribution in [0.25, 0.3) is 0 Å². The van der Waals surface area contributed by atoms with E-state index >= 15 is 0 Å². The van der Waals surface area contributed by atoms with Crippen LogP contribution >= 0.6 is 0 Å². The molecule has 1 amide bonds. The molecule has 0 saturated heterocycles. The summed E-state index contributed by atoms with van der Waals surface area (Å²) in [7, 11) is 1.93. The molecule has 0 atom stereocenters. The predicted octanol–water partition coefficient (Wildman–Crippen LogP) is 2.08. The summed E-state index contributed by atoms with van der Waals surface area (Å²) in [5, 5.41) is 11.5. The molecular formula is C14H19N3O. The lowest BCUT2D eigenvalue weighted by molar-refractivity contribution is -0.117. The largest absolute Gasteiger partial charge is 0.325 e. The number of amides is 1. The van der Waals surface area contributed by atoms with Crippen LogP contribution in [0, 0.1) is 17.2 Å². The van der Waals surface area contributed by atoms with Gasteiger partial charge in [0.05, 0.1) is 18.2 Å². The Bertz CT molecular complexity index is 431. The summed E-state index contributed by atoms with van der Waals surface area (Å²) < 4.78 is 0. The average molecular weight is 245 g/mol. The number of hydrogen-bond acceptors (Lipinski definition) is 3. The van der Waals surface area contributed by atoms with Crippen molar-refractivity contribution in [3.63, 3.8) is 0 Å². The van der Waals surface area contributed by atoms with E-state index < -0.39 is 0 Å². The van der Waals surface area contributed by atoms with Crippen LogP contribution in [0.15, 0.2) is 24.3 Å². The van der Waals surface area contributed by atoms with E-state index in [1.165, 1.54) is 0 Å². The maximum Gasteiger partial charge on any atom is 0.238 e. The Balaban J connectivity index is 2.46. The molecule has 1 aromatic rings. The number of carbonyl (C=O) groups is 1. The van der Waals surface area contributed by atoms with Crippen molar-refractivity contribution in [2.24, 2.45) is 5.92 Å². The summed E-state index contributed by atoms with van der Waals surface area (Å²) in [5.41, 5.74) is 1.31. The summed E-state index contributed by atoms with van der Waals surface area (Å²) in [6, 6.07) is 8.89. The van der Waals surface area contributed by atoms with Gasteiger partial charge >= 0.3 is 0 Å². The highest BCUT2D eigenvalue weighted by molar-refractivity contribution is 5.92. The number of anilines is 1. The lowest BCUT2D eigenvalue weighted by atomic mass is 10.2. The van der Waals surface area contributed by atoms with Crippen LogP contribution in [0.2, 0.25) is 0 Å². The highest BCUT2D eigenvalue weighted by Crippen LogP contribution is 2.08. The zero-order valence-electron chi connectivity index (χ0n) is 11.1. The SMILES string of the molecule is CC(C)CN(C)CC(=O)Nc1ccc(C#N)cc1. The molecule has 0 aliphatic rings. The van der Waals surface area contributed by atoms with Gasteiger partial charge in [0.1, 0.15) is 0 Å². The van der Waals surface area contributed by atoms with Gasteiger partial charge in [-0.2, -0.15) is 5.26 Å². The van der Waals surface area contributed by atoms with E-state index in [-0.39, 0.29) is 5.91 Å². The maximum atomic E-state index is 11.7. The van der Waals surface area contributed by atoms with E-state index in [1.54, 1.807) is 24.3 Å². The van der Waals surface area contributed by atoms with Gasteiger partial charge in [-0.25, -0.2) is 0 Å². The molecule has 18 heavy (non-hydrogen) atoms. The molecule has 4 heteroatoms. The highest BCUT2D eigenvalue weighted by atomic mass is 16.2. The molecule has 0 radical (unpaired) electrons. The second-order valence-corrected chi connectivity index (χ2v) is 4.83. The van der Waals surface area contributed by atoms with Gasteiger partial charge in [-0.15, -0.1) is 0 Å². The summed E-state index contributed by atoms with van der Waals surface area (Å²) >= 11 is 0. The van der Waals surface area contributed by atoms with E-state index in [2.05, 4.69) is 19.2 Å². The molecule has 0 aromatic heterocycles. The first-order valence-electron chi connectivity index (χ1n) is 6.00. The minimum Gasteiger partial charge on any atom is -0.325 e. The number of rotatable bonds is 5. The first-order chi connectivity index (χ1) is 8.51. The highest BCUT2D eigenvalue weighted by Gasteiger charge is 2.08. The van der Waals surface area contributed by atoms with Crippen molar-refractivity contribution in [2.45, 2.75) is 13.8 Å². The van der Waals surface area contributed by atoms with Gasteiger partial charge in [0.2, 0.25) is 5.91 Å². The zero-order valence-corrected chi connectivity index (χ0v) is 11.1. The van der Waals surface area contributed by atoms with Crippen LogP contribution in [0.1, 0.15) is 19.4 Å². The average Bonchev–Trinajstić information content (AvgIpc) is 2.28. The zero-order chi connectivity index (χ0) is 13.5. The molecule has 1 N–H and O–H groups in total. The Morgan fingerprint density at radius 2 is 2.00 bits per heavy atom. The van der Waals surface area contributed by atoms with Crippen molar-refractivity contribution in [3.8, 4) is 6.07 Å². The van der Waals surface area contributed by atoms with Crippen LogP contribution in [0.3, 0.4) is 0 Å². The number of hydrogen-bond donors (Lipinski definition) is 1. The molecule has 0 aliphatic carbocycles. The predicted molar refractivity (Wildman–Crippen MR) is 72.1 cm³/mol. The van der Waals surface area contributed by atoms with Crippen molar-refractivity contribution < 1.29 is 4.79 Å². The third-order valence-electron chi connectivity index (χ3n) is 2.39. The molecule has 4 nitrogen and oxygen atoms in total. The molecule has 0 aliphatic heterocycles. The lowest BCUT2D eigenvalue weighted by Gasteiger charge is -2.18. The van der Waals surface area contributed by atoms with Gasteiger partial charge in [0.25, 0.3) is 0 Å². The fraction of sp³-hybridized carbons (Fsp3) is 0.429. The number of nitriles is 1. The van der Waals surface area contributed by atoms with Crippen LogP contribution in [-0.2, 0) is 4.79 Å². The molecule has 0 heterocycles. The Hall–Kier alpha value is -1.86. The van der Waals surface area contributed by atoms with Crippen molar-refractivity contribution in [1.82, 2.24) is 4.90 Å². The Morgan fingerprint density at radius 1 is 1.39 bits per heavy atom. The van der Waals surface area contributed by atoms with E-state index in [0.717, 1.165) is 12.2 Å². The molecule has 0 bridgehead atoms. The standard InChI is InChI=1S/C14H19N3O/c1-11(2)9-17(3)10-14(18)16-13-6-4-12(8-15)5-7-13/h4-7,11H,9-10H2,1-3H3,(H,16,18). The molecule has 0 unspecified atom stereocenters. The van der Waals surface area contributed by atoms with Gasteiger partial charge in [-0.3, -0.25) is 9.69 Å². The van der Waals surface area contributed by atoms with Crippen molar-refractivity contribution in [1.29, 1.82) is 5.26 Å². The van der Waals surface area contributed by atoms with Gasteiger partial charge in [-0.05, 0) is 37.2 Å². The van der Waals surface area contributed by atoms with Crippen LogP contribution < -0.4 is 5.32 Å². The molecule has 1 rings (SSSR count). The van der Waals surface area contributed by atoms with Crippen LogP contribution in [-0.4, -0.2) is 30.9 Å². The normalized spacial score (nSPS) is 10.4. The summed E-state index contributed by atoms with van der Waals surface area (Å²) in [6.45, 7) is 5.50. The quantitative estimate of drug-likeness (QED) is 0.864. The van der Waals surface area contributed by atoms with Crippen molar-refractivity contribution in [3.05, 3.63) is 29.8 Å². The van der Waals surface area contributed by atoms with E-state index in [1.807, 2.05) is 18.0 Å². The first kappa shape index (κ1) is 14.2. The minimum atomic E-state index is -0.0390. The second-order valence-electron chi connectivity index (χ2n) is 4.83. The number of likely N-dealkylation sites (N-methyl/N-ethyl adjacent to an activating group) is 1. The molecule has 0 fully saturated rings. The second kappa shape index (κ2) is 6.77. The smallest absolute Gasteiger partial charge is 0.238 e. The summed E-state index contributed by atoms with van der Waals surface area (Å²) in [4.78, 5) is 13.7. The monoisotopic (exact) mass is 245 g/mol. The molecular weight excluding hydrogens is 226 g/mol. The number of carbonyl (C=O) groups excluding carboxylic acids is 1. The summed E-state index contributed by atoms with van der Waals surface area (Å²) in [6.07, 6.45) is 0. The fourth-order valence-corrected chi connectivity index (χ4v) is 1.76.